The number of nitrogens with zero attached hydrogens (tertiary/aromatic N) is 1. The van der Waals surface area contributed by atoms with Crippen molar-refractivity contribution in [1.29, 1.82) is 0 Å². The number of likely N-dealkylation sites (N-methyl/N-ethyl adjacent to an activating group) is 1. The van der Waals surface area contributed by atoms with Crippen molar-refractivity contribution in [1.82, 2.24) is 20.5 Å². The predicted octanol–water partition coefficient (Wildman–Crippen LogP) is 2.02. The number of hydrogen-bond acceptors (Lipinski definition) is 2. The zero-order valence-electron chi connectivity index (χ0n) is 13.3. The number of halogens is 1. The molecule has 3 N–H and O–H groups in total. The Morgan fingerprint density at radius 1 is 1.27 bits per heavy atom. The van der Waals surface area contributed by atoms with Gasteiger partial charge in [0.15, 0.2) is 0 Å². The maximum absolute atomic E-state index is 13.2. The monoisotopic (exact) mass is 306 g/mol. The fourth-order valence-electron chi connectivity index (χ4n) is 2.44. The van der Waals surface area contributed by atoms with E-state index in [1.165, 1.54) is 12.1 Å². The average Bonchev–Trinajstić information content (AvgIpc) is 2.73. The first-order chi connectivity index (χ1) is 10.5. The summed E-state index contributed by atoms with van der Waals surface area (Å²) in [5.41, 5.74) is 2.92. The molecular weight excluding hydrogens is 283 g/mol. The second kappa shape index (κ2) is 7.26. The van der Waals surface area contributed by atoms with E-state index in [-0.39, 0.29) is 11.8 Å². The second-order valence-corrected chi connectivity index (χ2v) is 5.65. The molecule has 0 fully saturated rings. The minimum Gasteiger partial charge on any atom is -0.358 e. The molecule has 1 aromatic carbocycles. The van der Waals surface area contributed by atoms with Crippen LogP contribution in [0.1, 0.15) is 11.3 Å². The van der Waals surface area contributed by atoms with Crippen molar-refractivity contribution in [3.63, 3.8) is 0 Å². The highest BCUT2D eigenvalue weighted by atomic mass is 19.1. The van der Waals surface area contributed by atoms with Gasteiger partial charge in [0.05, 0.1) is 0 Å². The van der Waals surface area contributed by atoms with Gasteiger partial charge in [-0.05, 0) is 51.2 Å². The van der Waals surface area contributed by atoms with Crippen LogP contribution >= 0.6 is 0 Å². The van der Waals surface area contributed by atoms with E-state index in [0.717, 1.165) is 28.7 Å². The minimum atomic E-state index is -0.251. The number of aromatic amines is 1. The van der Waals surface area contributed by atoms with E-state index in [4.69, 9.17) is 0 Å². The summed E-state index contributed by atoms with van der Waals surface area (Å²) in [6.07, 6.45) is 0.707. The zero-order chi connectivity index (χ0) is 16.1. The van der Waals surface area contributed by atoms with Crippen LogP contribution in [0, 0.1) is 12.7 Å². The normalized spacial score (nSPS) is 11.1. The Hall–Kier alpha value is -2.08. The summed E-state index contributed by atoms with van der Waals surface area (Å²) in [7, 11) is 3.92. The average molecular weight is 306 g/mol. The van der Waals surface area contributed by atoms with E-state index in [1.807, 2.05) is 25.9 Å². The van der Waals surface area contributed by atoms with Gasteiger partial charge in [-0.1, -0.05) is 0 Å². The van der Waals surface area contributed by atoms with Crippen LogP contribution in [0.2, 0.25) is 0 Å². The number of H-pyrrole nitrogens is 1. The lowest BCUT2D eigenvalue weighted by Crippen LogP contribution is -2.39. The molecule has 2 rings (SSSR count). The zero-order valence-corrected chi connectivity index (χ0v) is 13.3. The van der Waals surface area contributed by atoms with Crippen LogP contribution in [-0.2, 0) is 6.42 Å². The molecule has 1 heterocycles. The third-order valence-corrected chi connectivity index (χ3v) is 3.59. The molecule has 0 bridgehead atoms. The highest BCUT2D eigenvalue weighted by Gasteiger charge is 2.09. The summed E-state index contributed by atoms with van der Waals surface area (Å²) in [6, 6.07) is 4.57. The van der Waals surface area contributed by atoms with Gasteiger partial charge in [-0.25, -0.2) is 9.18 Å². The van der Waals surface area contributed by atoms with E-state index in [9.17, 15) is 9.18 Å². The Morgan fingerprint density at radius 3 is 2.73 bits per heavy atom. The molecule has 0 aliphatic rings. The quantitative estimate of drug-likeness (QED) is 0.764. The first-order valence-electron chi connectivity index (χ1n) is 7.40. The molecule has 0 aliphatic heterocycles. The number of carbonyl (C=O) groups is 1. The third kappa shape index (κ3) is 4.21. The molecule has 0 spiro atoms. The van der Waals surface area contributed by atoms with E-state index in [1.54, 1.807) is 6.07 Å². The summed E-state index contributed by atoms with van der Waals surface area (Å²) in [4.78, 5) is 16.8. The maximum Gasteiger partial charge on any atom is 0.314 e. The SMILES string of the molecule is Cc1[nH]c2cc(F)ccc2c1CCNC(=O)NCCN(C)C. The van der Waals surface area contributed by atoms with Gasteiger partial charge in [-0.3, -0.25) is 0 Å². The number of carbonyl (C=O) groups excluding carboxylic acids is 1. The van der Waals surface area contributed by atoms with Gasteiger partial charge < -0.3 is 20.5 Å². The number of benzene rings is 1. The summed E-state index contributed by atoms with van der Waals surface area (Å²) in [5, 5.41) is 6.65. The smallest absolute Gasteiger partial charge is 0.314 e. The predicted molar refractivity (Wildman–Crippen MR) is 86.7 cm³/mol. The van der Waals surface area contributed by atoms with Crippen LogP contribution < -0.4 is 10.6 Å². The number of aromatic nitrogens is 1. The minimum absolute atomic E-state index is 0.162. The molecular formula is C16H23FN4O. The van der Waals surface area contributed by atoms with Crippen molar-refractivity contribution < 1.29 is 9.18 Å². The number of rotatable bonds is 6. The van der Waals surface area contributed by atoms with Crippen molar-refractivity contribution in [2.24, 2.45) is 0 Å². The van der Waals surface area contributed by atoms with Crippen LogP contribution in [0.3, 0.4) is 0 Å². The number of aryl methyl sites for hydroxylation is 1. The fraction of sp³-hybridized carbons (Fsp3) is 0.438. The molecule has 5 nitrogen and oxygen atoms in total. The van der Waals surface area contributed by atoms with E-state index in [2.05, 4.69) is 15.6 Å². The molecule has 1 aromatic heterocycles. The van der Waals surface area contributed by atoms with E-state index in [0.29, 0.717) is 19.5 Å². The molecule has 120 valence electrons. The van der Waals surface area contributed by atoms with Crippen LogP contribution in [0.4, 0.5) is 9.18 Å². The fourth-order valence-corrected chi connectivity index (χ4v) is 2.44. The van der Waals surface area contributed by atoms with Crippen molar-refractivity contribution in [3.05, 3.63) is 35.3 Å². The van der Waals surface area contributed by atoms with Gasteiger partial charge in [-0.15, -0.1) is 0 Å². The van der Waals surface area contributed by atoms with Crippen LogP contribution in [0.25, 0.3) is 10.9 Å². The highest BCUT2D eigenvalue weighted by Crippen LogP contribution is 2.23. The Bertz CT molecular complexity index is 651. The van der Waals surface area contributed by atoms with Crippen molar-refractivity contribution in [2.45, 2.75) is 13.3 Å². The standard InChI is InChI=1S/C16H23FN4O/c1-11-13(14-5-4-12(17)10-15(14)20-11)6-7-18-16(22)19-8-9-21(2)3/h4-5,10,20H,6-9H2,1-3H3,(H2,18,19,22). The Labute approximate surface area is 129 Å². The third-order valence-electron chi connectivity index (χ3n) is 3.59. The summed E-state index contributed by atoms with van der Waals surface area (Å²) in [5.74, 6) is -0.251. The molecule has 0 aliphatic carbocycles. The molecule has 0 saturated heterocycles. The summed E-state index contributed by atoms with van der Waals surface area (Å²) < 4.78 is 13.2. The van der Waals surface area contributed by atoms with Gasteiger partial charge in [0.2, 0.25) is 0 Å². The topological polar surface area (TPSA) is 60.2 Å². The number of fused-ring (bicyclic) bond motifs is 1. The molecule has 6 heteroatoms. The van der Waals surface area contributed by atoms with Crippen molar-refractivity contribution >= 4 is 16.9 Å². The van der Waals surface area contributed by atoms with Crippen LogP contribution in [0.5, 0.6) is 0 Å². The van der Waals surface area contributed by atoms with Crippen LogP contribution in [0.15, 0.2) is 18.2 Å². The number of nitrogens with one attached hydrogen (secondary N) is 3. The summed E-state index contributed by atoms with van der Waals surface area (Å²) in [6.45, 7) is 3.92. The summed E-state index contributed by atoms with van der Waals surface area (Å²) >= 11 is 0. The molecule has 0 atom stereocenters. The van der Waals surface area contributed by atoms with Crippen molar-refractivity contribution in [2.75, 3.05) is 33.7 Å². The number of amides is 2. The molecule has 0 unspecified atom stereocenters. The van der Waals surface area contributed by atoms with Gasteiger partial charge in [0, 0.05) is 36.2 Å². The lowest BCUT2D eigenvalue weighted by atomic mass is 10.1. The highest BCUT2D eigenvalue weighted by molar-refractivity contribution is 5.84. The lowest BCUT2D eigenvalue weighted by molar-refractivity contribution is 0.239. The Morgan fingerprint density at radius 2 is 2.00 bits per heavy atom. The molecule has 22 heavy (non-hydrogen) atoms. The molecule has 0 saturated carbocycles. The van der Waals surface area contributed by atoms with Gasteiger partial charge >= 0.3 is 6.03 Å². The molecule has 2 aromatic rings. The first-order valence-corrected chi connectivity index (χ1v) is 7.40. The van der Waals surface area contributed by atoms with E-state index >= 15 is 0 Å². The Kier molecular flexibility index (Phi) is 5.38. The van der Waals surface area contributed by atoms with E-state index < -0.39 is 0 Å². The van der Waals surface area contributed by atoms with Crippen molar-refractivity contribution in [3.8, 4) is 0 Å². The lowest BCUT2D eigenvalue weighted by Gasteiger charge is -2.11. The van der Waals surface area contributed by atoms with Gasteiger partial charge in [0.1, 0.15) is 5.82 Å². The molecule has 0 radical (unpaired) electrons. The second-order valence-electron chi connectivity index (χ2n) is 5.65. The van der Waals surface area contributed by atoms with Crippen LogP contribution in [-0.4, -0.2) is 49.6 Å². The molecule has 2 amide bonds. The largest absolute Gasteiger partial charge is 0.358 e. The Balaban J connectivity index is 1.87. The first kappa shape index (κ1) is 16.3. The number of hydrogen-bond donors (Lipinski definition) is 3. The maximum atomic E-state index is 13.2. The van der Waals surface area contributed by atoms with Gasteiger partial charge in [0.25, 0.3) is 0 Å². The number of urea groups is 1. The van der Waals surface area contributed by atoms with Gasteiger partial charge in [-0.2, -0.15) is 0 Å².